The molecule has 0 atom stereocenters. The minimum atomic E-state index is 0.149. The van der Waals surface area contributed by atoms with Crippen molar-refractivity contribution in [3.05, 3.63) is 11.4 Å². The van der Waals surface area contributed by atoms with Gasteiger partial charge in [-0.3, -0.25) is 4.79 Å². The van der Waals surface area contributed by atoms with E-state index in [9.17, 15) is 4.79 Å². The molecule has 20 heavy (non-hydrogen) atoms. The summed E-state index contributed by atoms with van der Waals surface area (Å²) in [7, 11) is 0. The molecule has 1 aromatic heterocycles. The highest BCUT2D eigenvalue weighted by Gasteiger charge is 2.10. The predicted octanol–water partition coefficient (Wildman–Crippen LogP) is 1.67. The third-order valence-electron chi connectivity index (χ3n) is 3.25. The number of carbonyl (C=O) groups excluding carboxylic acids is 1. The van der Waals surface area contributed by atoms with Gasteiger partial charge in [-0.15, -0.1) is 5.10 Å². The van der Waals surface area contributed by atoms with Crippen molar-refractivity contribution in [3.8, 4) is 0 Å². The highest BCUT2D eigenvalue weighted by Crippen LogP contribution is 2.06. The van der Waals surface area contributed by atoms with Crippen LogP contribution >= 0.6 is 0 Å². The van der Waals surface area contributed by atoms with Gasteiger partial charge < -0.3 is 10.2 Å². The Bertz CT molecular complexity index is 432. The molecule has 1 N–H and O–H groups in total. The van der Waals surface area contributed by atoms with Crippen LogP contribution < -0.4 is 5.32 Å². The van der Waals surface area contributed by atoms with Gasteiger partial charge in [0.05, 0.1) is 11.4 Å². The molecule has 0 aliphatic rings. The van der Waals surface area contributed by atoms with Crippen molar-refractivity contribution in [3.63, 3.8) is 0 Å². The monoisotopic (exact) mass is 279 g/mol. The summed E-state index contributed by atoms with van der Waals surface area (Å²) in [6.07, 6.45) is 2.12. The number of amides is 1. The van der Waals surface area contributed by atoms with E-state index in [-0.39, 0.29) is 5.91 Å². The molecule has 0 spiro atoms. The first kappa shape index (κ1) is 16.3. The van der Waals surface area contributed by atoms with E-state index < -0.39 is 0 Å². The molecule has 0 fully saturated rings. The van der Waals surface area contributed by atoms with Crippen molar-refractivity contribution in [1.29, 1.82) is 0 Å². The van der Waals surface area contributed by atoms with Crippen molar-refractivity contribution in [2.24, 2.45) is 0 Å². The second kappa shape index (κ2) is 8.45. The molecule has 0 aliphatic carbocycles. The highest BCUT2D eigenvalue weighted by atomic mass is 16.2. The SMILES string of the molecule is CCc1nnc(NCCC(=O)N(CC)CC)nc1CC. The Balaban J connectivity index is 2.52. The Morgan fingerprint density at radius 3 is 2.25 bits per heavy atom. The van der Waals surface area contributed by atoms with Crippen LogP contribution in [0.2, 0.25) is 0 Å². The molecule has 0 bridgehead atoms. The van der Waals surface area contributed by atoms with Crippen LogP contribution in [0, 0.1) is 0 Å². The van der Waals surface area contributed by atoms with Crippen LogP contribution in [-0.4, -0.2) is 45.6 Å². The van der Waals surface area contributed by atoms with E-state index in [1.54, 1.807) is 0 Å². The van der Waals surface area contributed by atoms with Gasteiger partial charge >= 0.3 is 0 Å². The summed E-state index contributed by atoms with van der Waals surface area (Å²) in [6.45, 7) is 10.1. The molecule has 1 amide bonds. The lowest BCUT2D eigenvalue weighted by Crippen LogP contribution is -2.31. The van der Waals surface area contributed by atoms with Crippen LogP contribution in [0.3, 0.4) is 0 Å². The first-order valence-electron chi connectivity index (χ1n) is 7.40. The van der Waals surface area contributed by atoms with Crippen LogP contribution in [0.4, 0.5) is 5.95 Å². The van der Waals surface area contributed by atoms with Crippen LogP contribution in [-0.2, 0) is 17.6 Å². The number of aryl methyl sites for hydroxylation is 2. The molecular formula is C14H25N5O. The maximum Gasteiger partial charge on any atom is 0.242 e. The summed E-state index contributed by atoms with van der Waals surface area (Å²) >= 11 is 0. The lowest BCUT2D eigenvalue weighted by Gasteiger charge is -2.18. The summed E-state index contributed by atoms with van der Waals surface area (Å²) in [5.41, 5.74) is 1.91. The average molecular weight is 279 g/mol. The standard InChI is InChI=1S/C14H25N5O/c1-5-11-12(6-2)17-18-14(16-11)15-10-9-13(20)19(7-3)8-4/h5-10H2,1-4H3,(H,15,16,18). The second-order valence-corrected chi connectivity index (χ2v) is 4.48. The van der Waals surface area contributed by atoms with Crippen molar-refractivity contribution in [2.45, 2.75) is 47.0 Å². The number of aromatic nitrogens is 3. The molecule has 1 aromatic rings. The van der Waals surface area contributed by atoms with E-state index in [2.05, 4.69) is 27.4 Å². The highest BCUT2D eigenvalue weighted by molar-refractivity contribution is 5.76. The molecule has 6 nitrogen and oxygen atoms in total. The first-order chi connectivity index (χ1) is 9.65. The Kier molecular flexibility index (Phi) is 6.90. The minimum absolute atomic E-state index is 0.149. The molecular weight excluding hydrogens is 254 g/mol. The summed E-state index contributed by atoms with van der Waals surface area (Å²) in [6, 6.07) is 0. The number of nitrogens with one attached hydrogen (secondary N) is 1. The van der Waals surface area contributed by atoms with E-state index in [0.29, 0.717) is 18.9 Å². The topological polar surface area (TPSA) is 71.0 Å². The van der Waals surface area contributed by atoms with Gasteiger partial charge in [-0.25, -0.2) is 4.98 Å². The maximum atomic E-state index is 11.8. The van der Waals surface area contributed by atoms with E-state index in [1.165, 1.54) is 0 Å². The smallest absolute Gasteiger partial charge is 0.242 e. The van der Waals surface area contributed by atoms with E-state index >= 15 is 0 Å². The number of anilines is 1. The Labute approximate surface area is 121 Å². The van der Waals surface area contributed by atoms with Crippen LogP contribution in [0.1, 0.15) is 45.5 Å². The Morgan fingerprint density at radius 2 is 1.70 bits per heavy atom. The van der Waals surface area contributed by atoms with Crippen molar-refractivity contribution < 1.29 is 4.79 Å². The van der Waals surface area contributed by atoms with Crippen molar-refractivity contribution in [1.82, 2.24) is 20.1 Å². The zero-order chi connectivity index (χ0) is 15.0. The summed E-state index contributed by atoms with van der Waals surface area (Å²) in [5, 5.41) is 11.3. The molecule has 1 heterocycles. The summed E-state index contributed by atoms with van der Waals surface area (Å²) < 4.78 is 0. The fourth-order valence-electron chi connectivity index (χ4n) is 2.03. The predicted molar refractivity (Wildman–Crippen MR) is 79.6 cm³/mol. The van der Waals surface area contributed by atoms with Gasteiger partial charge in [0, 0.05) is 26.1 Å². The lowest BCUT2D eigenvalue weighted by molar-refractivity contribution is -0.130. The van der Waals surface area contributed by atoms with Gasteiger partial charge in [0.2, 0.25) is 11.9 Å². The van der Waals surface area contributed by atoms with Crippen molar-refractivity contribution >= 4 is 11.9 Å². The largest absolute Gasteiger partial charge is 0.352 e. The average Bonchev–Trinajstić information content (AvgIpc) is 2.48. The quantitative estimate of drug-likeness (QED) is 0.783. The summed E-state index contributed by atoms with van der Waals surface area (Å²) in [5.74, 6) is 0.655. The molecule has 0 saturated carbocycles. The molecule has 112 valence electrons. The number of nitrogens with zero attached hydrogens (tertiary/aromatic N) is 4. The number of hydrogen-bond donors (Lipinski definition) is 1. The van der Waals surface area contributed by atoms with E-state index in [0.717, 1.165) is 37.3 Å². The summed E-state index contributed by atoms with van der Waals surface area (Å²) in [4.78, 5) is 18.1. The lowest BCUT2D eigenvalue weighted by atomic mass is 10.2. The number of hydrogen-bond acceptors (Lipinski definition) is 5. The fraction of sp³-hybridized carbons (Fsp3) is 0.714. The Hall–Kier alpha value is -1.72. The Morgan fingerprint density at radius 1 is 1.05 bits per heavy atom. The van der Waals surface area contributed by atoms with Crippen LogP contribution in [0.15, 0.2) is 0 Å². The normalized spacial score (nSPS) is 10.4. The zero-order valence-electron chi connectivity index (χ0n) is 12.9. The van der Waals surface area contributed by atoms with Gasteiger partial charge in [0.15, 0.2) is 0 Å². The fourth-order valence-corrected chi connectivity index (χ4v) is 2.03. The second-order valence-electron chi connectivity index (χ2n) is 4.48. The molecule has 0 unspecified atom stereocenters. The van der Waals surface area contributed by atoms with E-state index in [1.807, 2.05) is 25.7 Å². The van der Waals surface area contributed by atoms with Gasteiger partial charge in [0.25, 0.3) is 0 Å². The zero-order valence-corrected chi connectivity index (χ0v) is 12.9. The van der Waals surface area contributed by atoms with Gasteiger partial charge in [-0.1, -0.05) is 13.8 Å². The van der Waals surface area contributed by atoms with Crippen LogP contribution in [0.5, 0.6) is 0 Å². The number of carbonyl (C=O) groups is 1. The van der Waals surface area contributed by atoms with Crippen molar-refractivity contribution in [2.75, 3.05) is 25.0 Å². The van der Waals surface area contributed by atoms with Gasteiger partial charge in [0.1, 0.15) is 0 Å². The van der Waals surface area contributed by atoms with Crippen LogP contribution in [0.25, 0.3) is 0 Å². The first-order valence-corrected chi connectivity index (χ1v) is 7.40. The molecule has 0 aromatic carbocycles. The maximum absolute atomic E-state index is 11.8. The molecule has 0 aliphatic heterocycles. The molecule has 1 rings (SSSR count). The molecule has 6 heteroatoms. The van der Waals surface area contributed by atoms with Gasteiger partial charge in [-0.2, -0.15) is 5.10 Å². The third-order valence-corrected chi connectivity index (χ3v) is 3.25. The molecule has 0 saturated heterocycles. The minimum Gasteiger partial charge on any atom is -0.352 e. The third kappa shape index (κ3) is 4.43. The number of rotatable bonds is 8. The van der Waals surface area contributed by atoms with Gasteiger partial charge in [-0.05, 0) is 26.7 Å². The van der Waals surface area contributed by atoms with E-state index in [4.69, 9.17) is 0 Å². The molecule has 0 radical (unpaired) electrons.